The fourth-order valence-electron chi connectivity index (χ4n) is 3.01. The molecule has 1 aromatic carbocycles. The van der Waals surface area contributed by atoms with Crippen LogP contribution in [0.15, 0.2) is 40.8 Å². The van der Waals surface area contributed by atoms with Gasteiger partial charge in [-0.15, -0.1) is 24.8 Å². The molecular formula is C22H35Cl3N2O. The van der Waals surface area contributed by atoms with Crippen LogP contribution < -0.4 is 5.32 Å². The van der Waals surface area contributed by atoms with Crippen molar-refractivity contribution in [2.45, 2.75) is 52.5 Å². The van der Waals surface area contributed by atoms with Crippen LogP contribution >= 0.6 is 36.4 Å². The molecule has 0 spiro atoms. The van der Waals surface area contributed by atoms with Gasteiger partial charge in [-0.2, -0.15) is 0 Å². The first kappa shape index (κ1) is 27.3. The molecule has 1 aromatic heterocycles. The van der Waals surface area contributed by atoms with Gasteiger partial charge in [-0.1, -0.05) is 50.4 Å². The molecule has 0 bridgehead atoms. The Balaban J connectivity index is 0.00000364. The topological polar surface area (TPSA) is 28.4 Å². The summed E-state index contributed by atoms with van der Waals surface area (Å²) in [7, 11) is 0. The molecule has 0 saturated heterocycles. The zero-order valence-electron chi connectivity index (χ0n) is 17.1. The Kier molecular flexibility index (Phi) is 15.7. The number of rotatable bonds is 13. The Morgan fingerprint density at radius 1 is 0.929 bits per heavy atom. The lowest BCUT2D eigenvalue weighted by molar-refractivity contribution is 0.260. The Morgan fingerprint density at radius 2 is 1.61 bits per heavy atom. The lowest BCUT2D eigenvalue weighted by atomic mass is 10.2. The number of halogens is 3. The molecule has 0 atom stereocenters. The van der Waals surface area contributed by atoms with Crippen LogP contribution in [0.2, 0.25) is 5.02 Å². The van der Waals surface area contributed by atoms with E-state index in [-0.39, 0.29) is 24.8 Å². The summed E-state index contributed by atoms with van der Waals surface area (Å²) >= 11 is 6.05. The van der Waals surface area contributed by atoms with Gasteiger partial charge < -0.3 is 14.6 Å². The third-order valence-corrected chi connectivity index (χ3v) is 4.79. The molecule has 2 aromatic rings. The lowest BCUT2D eigenvalue weighted by Crippen LogP contribution is -2.29. The van der Waals surface area contributed by atoms with Crippen molar-refractivity contribution >= 4 is 36.4 Å². The van der Waals surface area contributed by atoms with Crippen LogP contribution in [0.5, 0.6) is 0 Å². The number of hydrogen-bond acceptors (Lipinski definition) is 3. The molecule has 0 radical (unpaired) electrons. The molecule has 160 valence electrons. The second kappa shape index (κ2) is 16.1. The van der Waals surface area contributed by atoms with Crippen LogP contribution in [-0.4, -0.2) is 31.1 Å². The van der Waals surface area contributed by atoms with Gasteiger partial charge in [0.15, 0.2) is 0 Å². The van der Waals surface area contributed by atoms with Crippen molar-refractivity contribution in [3.05, 3.63) is 47.2 Å². The van der Waals surface area contributed by atoms with Gasteiger partial charge in [-0.25, -0.2) is 0 Å². The maximum atomic E-state index is 6.05. The highest BCUT2D eigenvalue weighted by atomic mass is 35.5. The normalized spacial score (nSPS) is 10.6. The van der Waals surface area contributed by atoms with E-state index < -0.39 is 0 Å². The zero-order chi connectivity index (χ0) is 18.6. The maximum Gasteiger partial charge on any atom is 0.134 e. The Bertz CT molecular complexity index is 626. The van der Waals surface area contributed by atoms with E-state index in [9.17, 15) is 0 Å². The fourth-order valence-corrected chi connectivity index (χ4v) is 3.20. The lowest BCUT2D eigenvalue weighted by Gasteiger charge is -2.21. The predicted molar refractivity (Wildman–Crippen MR) is 126 cm³/mol. The third-order valence-electron chi connectivity index (χ3n) is 4.55. The standard InChI is InChI=1S/C22H33ClN2O.2ClH/c1-3-5-14-25(15-6-4-2)16-8-13-24-18-21-11-12-22(26-21)19-9-7-10-20(23)17-19;;/h7,9-12,17,24H,3-6,8,13-16,18H2,1-2H3;2*1H. The summed E-state index contributed by atoms with van der Waals surface area (Å²) in [6.07, 6.45) is 6.32. The van der Waals surface area contributed by atoms with Crippen LogP contribution in [0, 0.1) is 0 Å². The van der Waals surface area contributed by atoms with Gasteiger partial charge in [-0.3, -0.25) is 0 Å². The number of nitrogens with zero attached hydrogens (tertiary/aromatic N) is 1. The Morgan fingerprint density at radius 3 is 2.25 bits per heavy atom. The molecule has 0 saturated carbocycles. The number of unbranched alkanes of at least 4 members (excludes halogenated alkanes) is 2. The van der Waals surface area contributed by atoms with E-state index in [1.807, 2.05) is 36.4 Å². The van der Waals surface area contributed by atoms with Crippen molar-refractivity contribution in [3.63, 3.8) is 0 Å². The van der Waals surface area contributed by atoms with Crippen LogP contribution in [-0.2, 0) is 6.54 Å². The van der Waals surface area contributed by atoms with Crippen LogP contribution in [0.1, 0.15) is 51.7 Å². The second-order valence-electron chi connectivity index (χ2n) is 6.86. The summed E-state index contributed by atoms with van der Waals surface area (Å²) in [5.41, 5.74) is 1.02. The monoisotopic (exact) mass is 448 g/mol. The largest absolute Gasteiger partial charge is 0.460 e. The average Bonchev–Trinajstić information content (AvgIpc) is 3.12. The predicted octanol–water partition coefficient (Wildman–Crippen LogP) is 6.83. The van der Waals surface area contributed by atoms with Crippen LogP contribution in [0.4, 0.5) is 0 Å². The fraction of sp³-hybridized carbons (Fsp3) is 0.545. The van der Waals surface area contributed by atoms with Crippen molar-refractivity contribution < 1.29 is 4.42 Å². The molecular weight excluding hydrogens is 415 g/mol. The summed E-state index contributed by atoms with van der Waals surface area (Å²) in [5.74, 6) is 1.84. The minimum Gasteiger partial charge on any atom is -0.460 e. The molecule has 3 nitrogen and oxygen atoms in total. The van der Waals surface area contributed by atoms with Gasteiger partial charge in [0.25, 0.3) is 0 Å². The molecule has 6 heteroatoms. The van der Waals surface area contributed by atoms with E-state index in [0.717, 1.165) is 35.2 Å². The molecule has 0 unspecified atom stereocenters. The number of nitrogens with one attached hydrogen (secondary N) is 1. The van der Waals surface area contributed by atoms with Crippen molar-refractivity contribution in [1.82, 2.24) is 10.2 Å². The van der Waals surface area contributed by atoms with Crippen molar-refractivity contribution in [3.8, 4) is 11.3 Å². The summed E-state index contributed by atoms with van der Waals surface area (Å²) in [6.45, 7) is 9.96. The summed E-state index contributed by atoms with van der Waals surface area (Å²) < 4.78 is 5.93. The molecule has 0 aliphatic heterocycles. The van der Waals surface area contributed by atoms with E-state index in [0.29, 0.717) is 0 Å². The molecule has 0 aliphatic rings. The van der Waals surface area contributed by atoms with E-state index >= 15 is 0 Å². The highest BCUT2D eigenvalue weighted by Crippen LogP contribution is 2.24. The van der Waals surface area contributed by atoms with Crippen molar-refractivity contribution in [1.29, 1.82) is 0 Å². The SMILES string of the molecule is CCCCN(CCCC)CCCNCc1ccc(-c2cccc(Cl)c2)o1.Cl.Cl. The first-order chi connectivity index (χ1) is 12.7. The Labute approximate surface area is 188 Å². The zero-order valence-corrected chi connectivity index (χ0v) is 19.5. The molecule has 0 fully saturated rings. The number of benzene rings is 1. The second-order valence-corrected chi connectivity index (χ2v) is 7.29. The van der Waals surface area contributed by atoms with Crippen LogP contribution in [0.25, 0.3) is 11.3 Å². The summed E-state index contributed by atoms with van der Waals surface area (Å²) in [4.78, 5) is 2.61. The highest BCUT2D eigenvalue weighted by molar-refractivity contribution is 6.30. The molecule has 1 N–H and O–H groups in total. The molecule has 0 amide bonds. The number of hydrogen-bond donors (Lipinski definition) is 1. The molecule has 2 rings (SSSR count). The molecule has 1 heterocycles. The van der Waals surface area contributed by atoms with Gasteiger partial charge in [0.2, 0.25) is 0 Å². The van der Waals surface area contributed by atoms with Crippen LogP contribution in [0.3, 0.4) is 0 Å². The quantitative estimate of drug-likeness (QED) is 0.340. The van der Waals surface area contributed by atoms with E-state index in [4.69, 9.17) is 16.0 Å². The van der Waals surface area contributed by atoms with Gasteiger partial charge in [-0.05, 0) is 69.7 Å². The van der Waals surface area contributed by atoms with E-state index in [1.165, 1.54) is 51.7 Å². The summed E-state index contributed by atoms with van der Waals surface area (Å²) in [6, 6.07) is 11.8. The van der Waals surface area contributed by atoms with Gasteiger partial charge in [0.1, 0.15) is 11.5 Å². The minimum absolute atomic E-state index is 0. The first-order valence-electron chi connectivity index (χ1n) is 10.0. The number of furan rings is 1. The minimum atomic E-state index is 0. The van der Waals surface area contributed by atoms with Gasteiger partial charge in [0, 0.05) is 10.6 Å². The summed E-state index contributed by atoms with van der Waals surface area (Å²) in [5, 5.41) is 4.23. The average molecular weight is 450 g/mol. The highest BCUT2D eigenvalue weighted by Gasteiger charge is 2.06. The van der Waals surface area contributed by atoms with E-state index in [1.54, 1.807) is 0 Å². The smallest absolute Gasteiger partial charge is 0.134 e. The first-order valence-corrected chi connectivity index (χ1v) is 10.4. The van der Waals surface area contributed by atoms with Crippen molar-refractivity contribution in [2.24, 2.45) is 0 Å². The molecule has 0 aliphatic carbocycles. The Hall–Kier alpha value is -0.710. The maximum absolute atomic E-state index is 6.05. The third kappa shape index (κ3) is 10.2. The molecule has 28 heavy (non-hydrogen) atoms. The van der Waals surface area contributed by atoms with E-state index in [2.05, 4.69) is 24.1 Å². The van der Waals surface area contributed by atoms with Gasteiger partial charge >= 0.3 is 0 Å². The van der Waals surface area contributed by atoms with Crippen molar-refractivity contribution in [2.75, 3.05) is 26.2 Å². The van der Waals surface area contributed by atoms with Gasteiger partial charge in [0.05, 0.1) is 6.54 Å².